The van der Waals surface area contributed by atoms with Gasteiger partial charge < -0.3 is 24.0 Å². The van der Waals surface area contributed by atoms with Crippen LogP contribution < -0.4 is 28.5 Å². The molecule has 1 aromatic rings. The van der Waals surface area contributed by atoms with Gasteiger partial charge in [0.15, 0.2) is 12.4 Å². The molecule has 44 valence electrons. The molecule has 1 aromatic heterocycles. The van der Waals surface area contributed by atoms with Crippen LogP contribution in [0, 0.1) is 0 Å². The topological polar surface area (TPSA) is 3.88 Å². The minimum Gasteiger partial charge on any atom is -1.00 e. The summed E-state index contributed by atoms with van der Waals surface area (Å²) in [6.07, 6.45) is 3.74. The molecule has 0 spiro atoms. The van der Waals surface area contributed by atoms with Crippen LogP contribution in [0.4, 0.5) is 0 Å². The van der Waals surface area contributed by atoms with Crippen molar-refractivity contribution in [1.82, 2.24) is 0 Å². The maximum absolute atomic E-state index is 6.91. The Morgan fingerprint density at radius 3 is 2.25 bits per heavy atom. The summed E-state index contributed by atoms with van der Waals surface area (Å²) in [7, 11) is 0.306. The number of halogens is 1. The molecule has 0 unspecified atom stereocenters. The number of hydrogen-bond donors (Lipinski definition) is 0. The molecular weight excluding hydrogens is 213 g/mol. The van der Waals surface area contributed by atoms with Gasteiger partial charge in [-0.2, -0.15) is 0 Å². The van der Waals surface area contributed by atoms with Gasteiger partial charge in [0, 0.05) is 12.1 Å². The van der Waals surface area contributed by atoms with E-state index in [0.29, 0.717) is 7.02 Å². The zero-order chi connectivity index (χ0) is 5.82. The normalized spacial score (nSPS) is 9.25. The lowest BCUT2D eigenvalue weighted by atomic mass is 10.5. The summed E-state index contributed by atoms with van der Waals surface area (Å²) in [5, 5.41) is 0. The van der Waals surface area contributed by atoms with Crippen LogP contribution in [-0.2, 0) is 7.02 Å². The van der Waals surface area contributed by atoms with Crippen LogP contribution in [0.5, 0.6) is 0 Å². The summed E-state index contributed by atoms with van der Waals surface area (Å²) < 4.78 is 8.70. The first-order chi connectivity index (χ1) is 3.93. The monoisotopic (exact) mass is 222 g/mol. The smallest absolute Gasteiger partial charge is 0.168 e. The highest BCUT2D eigenvalue weighted by Crippen LogP contribution is 1.71. The minimum atomic E-state index is 0. The molecule has 2 heteroatoms. The van der Waals surface area contributed by atoms with Crippen LogP contribution >= 0.6 is 0 Å². The number of rotatable bonds is 0. The van der Waals surface area contributed by atoms with Crippen molar-refractivity contribution in [3.63, 3.8) is 0 Å². The SMILES string of the molecule is [2H]C[n+]1ccccc1.[I-]. The van der Waals surface area contributed by atoms with Crippen molar-refractivity contribution in [3.05, 3.63) is 30.6 Å². The molecule has 0 atom stereocenters. The second-order valence-electron chi connectivity index (χ2n) is 1.39. The molecular formula is C6H8IN. The fourth-order valence-corrected chi connectivity index (χ4v) is 0.434. The summed E-state index contributed by atoms with van der Waals surface area (Å²) in [6.45, 7) is 0. The van der Waals surface area contributed by atoms with Crippen molar-refractivity contribution in [2.24, 2.45) is 7.02 Å². The molecule has 0 N–H and O–H groups in total. The van der Waals surface area contributed by atoms with Gasteiger partial charge in [-0.3, -0.25) is 0 Å². The fraction of sp³-hybridized carbons (Fsp3) is 0.167. The molecule has 8 heavy (non-hydrogen) atoms. The molecule has 0 fully saturated rings. The van der Waals surface area contributed by atoms with Crippen LogP contribution in [0.1, 0.15) is 1.37 Å². The first-order valence-electron chi connectivity index (χ1n) is 2.87. The third kappa shape index (κ3) is 2.26. The molecule has 0 bridgehead atoms. The summed E-state index contributed by atoms with van der Waals surface area (Å²) in [6, 6.07) is 5.76. The van der Waals surface area contributed by atoms with Crippen LogP contribution in [0.3, 0.4) is 0 Å². The number of nitrogens with zero attached hydrogens (tertiary/aromatic N) is 1. The van der Waals surface area contributed by atoms with Gasteiger partial charge in [-0.15, -0.1) is 0 Å². The minimum absolute atomic E-state index is 0. The highest BCUT2D eigenvalue weighted by Gasteiger charge is 1.78. The Kier molecular flexibility index (Phi) is 2.88. The van der Waals surface area contributed by atoms with Gasteiger partial charge in [-0.1, -0.05) is 6.07 Å². The first kappa shape index (κ1) is 6.01. The molecule has 0 saturated heterocycles. The second-order valence-corrected chi connectivity index (χ2v) is 1.39. The largest absolute Gasteiger partial charge is 1.00 e. The van der Waals surface area contributed by atoms with Crippen LogP contribution in [-0.4, -0.2) is 0 Å². The standard InChI is InChI=1S/C6H8N.HI/c1-7-5-3-2-4-6-7;/h2-6H,1H3;1H/q+1;/p-1/i1D;. The maximum atomic E-state index is 6.91. The Morgan fingerprint density at radius 2 is 1.88 bits per heavy atom. The Morgan fingerprint density at radius 1 is 1.25 bits per heavy atom. The fourth-order valence-electron chi connectivity index (χ4n) is 0.434. The predicted molar refractivity (Wildman–Crippen MR) is 27.6 cm³/mol. The van der Waals surface area contributed by atoms with E-state index in [0.717, 1.165) is 0 Å². The van der Waals surface area contributed by atoms with Gasteiger partial charge in [0.05, 0.1) is 0 Å². The van der Waals surface area contributed by atoms with Crippen molar-refractivity contribution < 1.29 is 29.9 Å². The van der Waals surface area contributed by atoms with E-state index in [4.69, 9.17) is 1.37 Å². The van der Waals surface area contributed by atoms with E-state index < -0.39 is 0 Å². The third-order valence-electron chi connectivity index (χ3n) is 0.777. The summed E-state index contributed by atoms with van der Waals surface area (Å²) in [5.74, 6) is 0. The van der Waals surface area contributed by atoms with E-state index in [1.807, 2.05) is 30.6 Å². The Balaban J connectivity index is 0.000000640. The average molecular weight is 222 g/mol. The molecule has 0 aromatic carbocycles. The van der Waals surface area contributed by atoms with Crippen molar-refractivity contribution in [3.8, 4) is 0 Å². The van der Waals surface area contributed by atoms with Gasteiger partial charge in [0.2, 0.25) is 0 Å². The van der Waals surface area contributed by atoms with Gasteiger partial charge in [-0.25, -0.2) is 4.57 Å². The molecule has 0 aliphatic rings. The Bertz CT molecular complexity index is 154. The Labute approximate surface area is 67.8 Å². The van der Waals surface area contributed by atoms with Gasteiger partial charge in [0.25, 0.3) is 0 Å². The molecule has 0 radical (unpaired) electrons. The lowest BCUT2D eigenvalue weighted by Gasteiger charge is -1.77. The van der Waals surface area contributed by atoms with Crippen LogP contribution in [0.15, 0.2) is 30.6 Å². The third-order valence-corrected chi connectivity index (χ3v) is 0.777. The predicted octanol–water partition coefficient (Wildman–Crippen LogP) is -2.48. The van der Waals surface area contributed by atoms with Crippen molar-refractivity contribution in [2.45, 2.75) is 0 Å². The van der Waals surface area contributed by atoms with E-state index in [9.17, 15) is 0 Å². The molecule has 1 nitrogen and oxygen atoms in total. The summed E-state index contributed by atoms with van der Waals surface area (Å²) in [5.41, 5.74) is 0. The lowest BCUT2D eigenvalue weighted by Crippen LogP contribution is -3.00. The first-order valence-corrected chi connectivity index (χ1v) is 2.17. The second kappa shape index (κ2) is 3.83. The molecule has 0 amide bonds. The number of aromatic nitrogens is 1. The molecule has 0 aliphatic carbocycles. The van der Waals surface area contributed by atoms with Gasteiger partial charge >= 0.3 is 0 Å². The molecule has 1 heterocycles. The van der Waals surface area contributed by atoms with E-state index in [1.54, 1.807) is 4.57 Å². The van der Waals surface area contributed by atoms with Crippen molar-refractivity contribution in [2.75, 3.05) is 0 Å². The summed E-state index contributed by atoms with van der Waals surface area (Å²) >= 11 is 0. The van der Waals surface area contributed by atoms with Crippen LogP contribution in [0.25, 0.3) is 0 Å². The highest BCUT2D eigenvalue weighted by atomic mass is 127. The Hall–Kier alpha value is -0.120. The van der Waals surface area contributed by atoms with E-state index in [2.05, 4.69) is 0 Å². The van der Waals surface area contributed by atoms with E-state index >= 15 is 0 Å². The van der Waals surface area contributed by atoms with Crippen molar-refractivity contribution >= 4 is 0 Å². The molecule has 0 aliphatic heterocycles. The molecule has 0 saturated carbocycles. The zero-order valence-corrected chi connectivity index (χ0v) is 6.58. The number of hydrogen-bond acceptors (Lipinski definition) is 0. The van der Waals surface area contributed by atoms with Gasteiger partial charge in [-0.05, 0) is 0 Å². The highest BCUT2D eigenvalue weighted by molar-refractivity contribution is 4.83. The number of aryl methyl sites for hydroxylation is 1. The van der Waals surface area contributed by atoms with E-state index in [1.165, 1.54) is 0 Å². The average Bonchev–Trinajstić information content (AvgIpc) is 1.90. The van der Waals surface area contributed by atoms with Crippen LogP contribution in [0.2, 0.25) is 0 Å². The molecule has 1 rings (SSSR count). The lowest BCUT2D eigenvalue weighted by molar-refractivity contribution is -0.671. The van der Waals surface area contributed by atoms with Gasteiger partial charge in [0.1, 0.15) is 8.39 Å². The quantitative estimate of drug-likeness (QED) is 0.338. The summed E-state index contributed by atoms with van der Waals surface area (Å²) in [4.78, 5) is 0. The zero-order valence-electron chi connectivity index (χ0n) is 5.42. The van der Waals surface area contributed by atoms with Crippen molar-refractivity contribution in [1.29, 1.82) is 0 Å². The maximum Gasteiger partial charge on any atom is 0.168 e. The number of pyridine rings is 1. The van der Waals surface area contributed by atoms with E-state index in [-0.39, 0.29) is 24.0 Å².